The molecule has 0 spiro atoms. The van der Waals surface area contributed by atoms with Crippen LogP contribution in [0, 0.1) is 0 Å². The van der Waals surface area contributed by atoms with E-state index in [0.29, 0.717) is 25.3 Å². The number of carbonyl (C=O) groups is 2. The fraction of sp³-hybridized carbons (Fsp3) is 0.438. The summed E-state index contributed by atoms with van der Waals surface area (Å²) in [4.78, 5) is 38.2. The highest BCUT2D eigenvalue weighted by atomic mass is 32.1. The van der Waals surface area contributed by atoms with Gasteiger partial charge >= 0.3 is 0 Å². The van der Waals surface area contributed by atoms with Crippen LogP contribution >= 0.6 is 11.3 Å². The topological polar surface area (TPSA) is 88.1 Å². The number of amides is 2. The van der Waals surface area contributed by atoms with Gasteiger partial charge in [0.1, 0.15) is 5.69 Å². The van der Waals surface area contributed by atoms with Gasteiger partial charge in [0.2, 0.25) is 5.91 Å². The minimum absolute atomic E-state index is 0.00712. The zero-order valence-electron chi connectivity index (χ0n) is 13.4. The maximum Gasteiger partial charge on any atom is 0.273 e. The molecule has 0 atom stereocenters. The number of carbonyl (C=O) groups excluding carboxylic acids is 2. The van der Waals surface area contributed by atoms with E-state index in [0.717, 1.165) is 24.2 Å². The Morgan fingerprint density at radius 2 is 2.00 bits per heavy atom. The summed E-state index contributed by atoms with van der Waals surface area (Å²) in [7, 11) is 0. The molecular formula is C16H19N5O2S. The van der Waals surface area contributed by atoms with E-state index in [1.807, 2.05) is 4.90 Å². The fourth-order valence-electron chi connectivity index (χ4n) is 2.90. The van der Waals surface area contributed by atoms with Crippen molar-refractivity contribution in [1.82, 2.24) is 25.2 Å². The molecule has 1 aliphatic rings. The highest BCUT2D eigenvalue weighted by molar-refractivity contribution is 7.07. The summed E-state index contributed by atoms with van der Waals surface area (Å²) < 4.78 is 0. The van der Waals surface area contributed by atoms with Crippen LogP contribution < -0.4 is 5.32 Å². The number of rotatable bonds is 4. The van der Waals surface area contributed by atoms with Gasteiger partial charge in [-0.3, -0.25) is 19.6 Å². The third-order valence-corrected chi connectivity index (χ3v) is 4.72. The molecule has 3 heterocycles. The molecule has 0 aromatic carbocycles. The lowest BCUT2D eigenvalue weighted by atomic mass is 9.91. The van der Waals surface area contributed by atoms with Crippen LogP contribution in [0.2, 0.25) is 0 Å². The second-order valence-electron chi connectivity index (χ2n) is 5.74. The van der Waals surface area contributed by atoms with Crippen LogP contribution in [-0.4, -0.2) is 44.8 Å². The minimum Gasteiger partial charge on any atom is -0.351 e. The predicted octanol–water partition coefficient (Wildman–Crippen LogP) is 1.59. The fourth-order valence-corrected chi connectivity index (χ4v) is 3.43. The van der Waals surface area contributed by atoms with Gasteiger partial charge in [0.15, 0.2) is 0 Å². The first-order valence-electron chi connectivity index (χ1n) is 7.87. The predicted molar refractivity (Wildman–Crippen MR) is 89.5 cm³/mol. The van der Waals surface area contributed by atoms with E-state index >= 15 is 0 Å². The van der Waals surface area contributed by atoms with E-state index in [9.17, 15) is 9.59 Å². The van der Waals surface area contributed by atoms with Crippen LogP contribution in [0.4, 0.5) is 0 Å². The monoisotopic (exact) mass is 345 g/mol. The SMILES string of the molecule is CC(=O)NCc1nccnc1C1CCN(C(=O)c2cscn2)CC1. The number of hydrogen-bond acceptors (Lipinski definition) is 6. The van der Waals surface area contributed by atoms with E-state index in [1.165, 1.54) is 18.3 Å². The Hall–Kier alpha value is -2.35. The zero-order chi connectivity index (χ0) is 16.9. The van der Waals surface area contributed by atoms with Gasteiger partial charge in [-0.25, -0.2) is 4.98 Å². The van der Waals surface area contributed by atoms with Gasteiger partial charge in [-0.05, 0) is 12.8 Å². The molecule has 1 saturated heterocycles. The Labute approximate surface area is 144 Å². The summed E-state index contributed by atoms with van der Waals surface area (Å²) >= 11 is 1.43. The molecule has 0 saturated carbocycles. The second-order valence-corrected chi connectivity index (χ2v) is 6.46. The number of hydrogen-bond donors (Lipinski definition) is 1. The molecule has 0 unspecified atom stereocenters. The maximum absolute atomic E-state index is 12.3. The van der Waals surface area contributed by atoms with Crippen molar-refractivity contribution in [1.29, 1.82) is 0 Å². The number of aromatic nitrogens is 3. The lowest BCUT2D eigenvalue weighted by Gasteiger charge is -2.31. The first-order valence-corrected chi connectivity index (χ1v) is 8.81. The van der Waals surface area contributed by atoms with Crippen LogP contribution in [0.15, 0.2) is 23.3 Å². The van der Waals surface area contributed by atoms with Crippen molar-refractivity contribution in [2.75, 3.05) is 13.1 Å². The van der Waals surface area contributed by atoms with Gasteiger partial charge in [-0.15, -0.1) is 11.3 Å². The quantitative estimate of drug-likeness (QED) is 0.909. The second kappa shape index (κ2) is 7.48. The summed E-state index contributed by atoms with van der Waals surface area (Å²) in [6.07, 6.45) is 4.99. The standard InChI is InChI=1S/C16H19N5O2S/c1-11(22)19-8-13-15(18-5-4-17-13)12-2-6-21(7-3-12)16(23)14-9-24-10-20-14/h4-5,9-10,12H,2-3,6-8H2,1H3,(H,19,22). The third kappa shape index (κ3) is 3.76. The van der Waals surface area contributed by atoms with Crippen LogP contribution in [0.25, 0.3) is 0 Å². The Bertz CT molecular complexity index is 711. The number of piperidine rings is 1. The number of thiazole rings is 1. The molecule has 24 heavy (non-hydrogen) atoms. The molecule has 2 aromatic heterocycles. The van der Waals surface area contributed by atoms with Gasteiger partial charge in [0.05, 0.1) is 23.4 Å². The Balaban J connectivity index is 1.64. The summed E-state index contributed by atoms with van der Waals surface area (Å²) in [6.45, 7) is 3.23. The highest BCUT2D eigenvalue weighted by Crippen LogP contribution is 2.28. The van der Waals surface area contributed by atoms with E-state index < -0.39 is 0 Å². The van der Waals surface area contributed by atoms with Crippen molar-refractivity contribution in [3.05, 3.63) is 40.4 Å². The molecule has 2 amide bonds. The molecule has 0 aliphatic carbocycles. The molecule has 1 fully saturated rings. The molecule has 126 valence electrons. The molecular weight excluding hydrogens is 326 g/mol. The third-order valence-electron chi connectivity index (χ3n) is 4.13. The van der Waals surface area contributed by atoms with Crippen molar-refractivity contribution < 1.29 is 9.59 Å². The zero-order valence-corrected chi connectivity index (χ0v) is 14.3. The van der Waals surface area contributed by atoms with Crippen LogP contribution in [0.3, 0.4) is 0 Å². The van der Waals surface area contributed by atoms with Crippen molar-refractivity contribution in [2.24, 2.45) is 0 Å². The van der Waals surface area contributed by atoms with Gasteiger partial charge in [-0.1, -0.05) is 0 Å². The van der Waals surface area contributed by atoms with Crippen molar-refractivity contribution in [3.63, 3.8) is 0 Å². The van der Waals surface area contributed by atoms with E-state index in [4.69, 9.17) is 0 Å². The molecule has 0 radical (unpaired) electrons. The summed E-state index contributed by atoms with van der Waals surface area (Å²) in [5.74, 6) is 0.157. The van der Waals surface area contributed by atoms with Gasteiger partial charge in [0.25, 0.3) is 5.91 Å². The van der Waals surface area contributed by atoms with E-state index in [-0.39, 0.29) is 17.7 Å². The number of nitrogens with zero attached hydrogens (tertiary/aromatic N) is 4. The van der Waals surface area contributed by atoms with Crippen LogP contribution in [0.1, 0.15) is 47.6 Å². The van der Waals surface area contributed by atoms with Gasteiger partial charge in [0, 0.05) is 43.7 Å². The highest BCUT2D eigenvalue weighted by Gasteiger charge is 2.27. The molecule has 7 nitrogen and oxygen atoms in total. The lowest BCUT2D eigenvalue weighted by molar-refractivity contribution is -0.119. The summed E-state index contributed by atoms with van der Waals surface area (Å²) in [5.41, 5.74) is 3.92. The van der Waals surface area contributed by atoms with Crippen LogP contribution in [-0.2, 0) is 11.3 Å². The van der Waals surface area contributed by atoms with Crippen molar-refractivity contribution in [2.45, 2.75) is 32.2 Å². The van der Waals surface area contributed by atoms with E-state index in [2.05, 4.69) is 20.3 Å². The van der Waals surface area contributed by atoms with Crippen molar-refractivity contribution >= 4 is 23.2 Å². The lowest BCUT2D eigenvalue weighted by Crippen LogP contribution is -2.38. The van der Waals surface area contributed by atoms with Crippen molar-refractivity contribution in [3.8, 4) is 0 Å². The van der Waals surface area contributed by atoms with E-state index in [1.54, 1.807) is 23.3 Å². The smallest absolute Gasteiger partial charge is 0.273 e. The molecule has 2 aromatic rings. The Morgan fingerprint density at radius 3 is 2.67 bits per heavy atom. The normalized spacial score (nSPS) is 15.3. The Kier molecular flexibility index (Phi) is 5.14. The average molecular weight is 345 g/mol. The van der Waals surface area contributed by atoms with Crippen LogP contribution in [0.5, 0.6) is 0 Å². The molecule has 1 N–H and O–H groups in total. The molecule has 0 bridgehead atoms. The Morgan fingerprint density at radius 1 is 1.25 bits per heavy atom. The number of likely N-dealkylation sites (tertiary alicyclic amines) is 1. The number of nitrogens with one attached hydrogen (secondary N) is 1. The molecule has 1 aliphatic heterocycles. The molecule has 8 heteroatoms. The van der Waals surface area contributed by atoms with Gasteiger partial charge < -0.3 is 10.2 Å². The maximum atomic E-state index is 12.3. The largest absolute Gasteiger partial charge is 0.351 e. The first kappa shape index (κ1) is 16.5. The average Bonchev–Trinajstić information content (AvgIpc) is 3.14. The summed E-state index contributed by atoms with van der Waals surface area (Å²) in [5, 5.41) is 4.55. The minimum atomic E-state index is -0.0877. The van der Waals surface area contributed by atoms with Gasteiger partial charge in [-0.2, -0.15) is 0 Å². The molecule has 3 rings (SSSR count). The first-order chi connectivity index (χ1) is 11.6. The summed E-state index contributed by atoms with van der Waals surface area (Å²) in [6, 6.07) is 0.